The third-order valence-electron chi connectivity index (χ3n) is 4.08. The first-order chi connectivity index (χ1) is 9.67. The molecule has 20 heavy (non-hydrogen) atoms. The second kappa shape index (κ2) is 5.20. The zero-order valence-corrected chi connectivity index (χ0v) is 12.2. The second-order valence-electron chi connectivity index (χ2n) is 5.37. The van der Waals surface area contributed by atoms with Crippen LogP contribution in [0.15, 0.2) is 30.5 Å². The molecule has 0 unspecified atom stereocenters. The number of aromatic nitrogens is 1. The molecule has 1 aliphatic carbocycles. The molecule has 1 aromatic carbocycles. The van der Waals surface area contributed by atoms with Gasteiger partial charge in [0.25, 0.3) is 0 Å². The van der Waals surface area contributed by atoms with Gasteiger partial charge in [-0.15, -0.1) is 0 Å². The number of benzene rings is 1. The van der Waals surface area contributed by atoms with Crippen LogP contribution >= 0.6 is 11.6 Å². The quantitative estimate of drug-likeness (QED) is 0.909. The van der Waals surface area contributed by atoms with Gasteiger partial charge in [0.15, 0.2) is 0 Å². The zero-order valence-electron chi connectivity index (χ0n) is 11.4. The van der Waals surface area contributed by atoms with Crippen LogP contribution in [0.25, 0.3) is 10.9 Å². The topological polar surface area (TPSA) is 60.2 Å². The number of pyridine rings is 1. The summed E-state index contributed by atoms with van der Waals surface area (Å²) in [4.78, 5) is 4.44. The number of nitrogens with zero attached hydrogens (tertiary/aromatic N) is 1. The van der Waals surface area contributed by atoms with E-state index in [9.17, 15) is 0 Å². The number of hydrogen-bond acceptors (Lipinski definition) is 4. The lowest BCUT2D eigenvalue weighted by Crippen LogP contribution is -2.58. The molecule has 1 aromatic heterocycles. The fourth-order valence-corrected chi connectivity index (χ4v) is 3.04. The Labute approximate surface area is 123 Å². The van der Waals surface area contributed by atoms with Crippen LogP contribution in [0, 0.1) is 0 Å². The summed E-state index contributed by atoms with van der Waals surface area (Å²) in [7, 11) is 1.74. The maximum absolute atomic E-state index is 6.22. The minimum absolute atomic E-state index is 0.0983. The van der Waals surface area contributed by atoms with E-state index in [2.05, 4.69) is 10.3 Å². The molecule has 1 saturated carbocycles. The van der Waals surface area contributed by atoms with E-state index >= 15 is 0 Å². The molecule has 0 aliphatic heterocycles. The molecule has 0 radical (unpaired) electrons. The first kappa shape index (κ1) is 13.6. The zero-order chi connectivity index (χ0) is 14.2. The van der Waals surface area contributed by atoms with Crippen molar-refractivity contribution in [2.45, 2.75) is 24.5 Å². The van der Waals surface area contributed by atoms with Crippen LogP contribution in [-0.2, 0) is 4.74 Å². The van der Waals surface area contributed by atoms with Crippen molar-refractivity contribution >= 4 is 28.2 Å². The van der Waals surface area contributed by atoms with Gasteiger partial charge in [0, 0.05) is 25.2 Å². The molecule has 2 aromatic rings. The normalized spacial score (nSPS) is 25.4. The van der Waals surface area contributed by atoms with E-state index in [1.165, 1.54) is 0 Å². The Morgan fingerprint density at radius 2 is 2.25 bits per heavy atom. The van der Waals surface area contributed by atoms with Gasteiger partial charge in [0.2, 0.25) is 0 Å². The third kappa shape index (κ3) is 2.24. The summed E-state index contributed by atoms with van der Waals surface area (Å²) in [5, 5.41) is 5.21. The SMILES string of the molecule is COC1CC(CN)(Nc2ccc(Cl)c3cccnc23)C1. The fraction of sp³-hybridized carbons (Fsp3) is 0.400. The molecule has 0 atom stereocenters. The summed E-state index contributed by atoms with van der Waals surface area (Å²) in [6.07, 6.45) is 3.89. The Hall–Kier alpha value is -1.36. The Bertz CT molecular complexity index is 626. The number of halogens is 1. The van der Waals surface area contributed by atoms with E-state index in [-0.39, 0.29) is 11.6 Å². The summed E-state index contributed by atoms with van der Waals surface area (Å²) >= 11 is 6.22. The Kier molecular flexibility index (Phi) is 3.54. The van der Waals surface area contributed by atoms with Gasteiger partial charge in [-0.2, -0.15) is 0 Å². The average molecular weight is 292 g/mol. The van der Waals surface area contributed by atoms with Gasteiger partial charge in [-0.3, -0.25) is 4.98 Å². The van der Waals surface area contributed by atoms with Crippen LogP contribution in [0.1, 0.15) is 12.8 Å². The predicted octanol–water partition coefficient (Wildman–Crippen LogP) is 2.81. The van der Waals surface area contributed by atoms with Crippen LogP contribution in [0.4, 0.5) is 5.69 Å². The standard InChI is InChI=1S/C15H18ClN3O/c1-20-10-7-15(8-10,9-17)19-13-5-4-12(16)11-3-2-6-18-14(11)13/h2-6,10,19H,7-9,17H2,1H3. The summed E-state index contributed by atoms with van der Waals surface area (Å²) < 4.78 is 5.36. The number of fused-ring (bicyclic) bond motifs is 1. The van der Waals surface area contributed by atoms with E-state index in [4.69, 9.17) is 22.1 Å². The highest BCUT2D eigenvalue weighted by Crippen LogP contribution is 2.38. The molecule has 3 N–H and O–H groups in total. The lowest BCUT2D eigenvalue weighted by atomic mass is 9.74. The van der Waals surface area contributed by atoms with E-state index < -0.39 is 0 Å². The predicted molar refractivity (Wildman–Crippen MR) is 82.2 cm³/mol. The molecule has 0 saturated heterocycles. The van der Waals surface area contributed by atoms with Crippen LogP contribution in [0.5, 0.6) is 0 Å². The van der Waals surface area contributed by atoms with Crippen molar-refractivity contribution in [1.29, 1.82) is 0 Å². The third-order valence-corrected chi connectivity index (χ3v) is 4.41. The molecule has 3 rings (SSSR count). The van der Waals surface area contributed by atoms with Crippen molar-refractivity contribution in [3.05, 3.63) is 35.5 Å². The first-order valence-electron chi connectivity index (χ1n) is 6.72. The smallest absolute Gasteiger partial charge is 0.0948 e. The highest BCUT2D eigenvalue weighted by atomic mass is 35.5. The van der Waals surface area contributed by atoms with Crippen LogP contribution < -0.4 is 11.1 Å². The number of anilines is 1. The minimum Gasteiger partial charge on any atom is -0.381 e. The van der Waals surface area contributed by atoms with Crippen molar-refractivity contribution in [2.24, 2.45) is 5.73 Å². The molecule has 0 bridgehead atoms. The van der Waals surface area contributed by atoms with Crippen LogP contribution in [-0.4, -0.2) is 30.3 Å². The van der Waals surface area contributed by atoms with E-state index in [1.807, 2.05) is 24.3 Å². The molecule has 0 spiro atoms. The van der Waals surface area contributed by atoms with Gasteiger partial charge in [-0.05, 0) is 37.1 Å². The summed E-state index contributed by atoms with van der Waals surface area (Å²) in [5.74, 6) is 0. The number of nitrogens with two attached hydrogens (primary N) is 1. The molecular formula is C15H18ClN3O. The first-order valence-corrected chi connectivity index (χ1v) is 7.09. The summed E-state index contributed by atoms with van der Waals surface area (Å²) in [6.45, 7) is 0.573. The lowest BCUT2D eigenvalue weighted by Gasteiger charge is -2.47. The van der Waals surface area contributed by atoms with Crippen molar-refractivity contribution in [1.82, 2.24) is 4.98 Å². The number of ether oxygens (including phenoxy) is 1. The van der Waals surface area contributed by atoms with Gasteiger partial charge >= 0.3 is 0 Å². The average Bonchev–Trinajstić information content (AvgIpc) is 2.45. The number of rotatable bonds is 4. The number of nitrogens with one attached hydrogen (secondary N) is 1. The lowest BCUT2D eigenvalue weighted by molar-refractivity contribution is -0.00240. The Balaban J connectivity index is 1.93. The van der Waals surface area contributed by atoms with E-state index in [1.54, 1.807) is 13.3 Å². The molecular weight excluding hydrogens is 274 g/mol. The van der Waals surface area contributed by atoms with Crippen LogP contribution in [0.2, 0.25) is 5.02 Å². The van der Waals surface area contributed by atoms with E-state index in [0.717, 1.165) is 29.4 Å². The van der Waals surface area contributed by atoms with Crippen LogP contribution in [0.3, 0.4) is 0 Å². The monoisotopic (exact) mass is 291 g/mol. The van der Waals surface area contributed by atoms with Crippen molar-refractivity contribution < 1.29 is 4.74 Å². The van der Waals surface area contributed by atoms with Gasteiger partial charge in [-0.1, -0.05) is 11.6 Å². The maximum atomic E-state index is 6.22. The second-order valence-corrected chi connectivity index (χ2v) is 5.78. The Morgan fingerprint density at radius 1 is 1.45 bits per heavy atom. The maximum Gasteiger partial charge on any atom is 0.0948 e. The molecule has 4 nitrogen and oxygen atoms in total. The largest absolute Gasteiger partial charge is 0.381 e. The molecule has 106 valence electrons. The minimum atomic E-state index is -0.0983. The van der Waals surface area contributed by atoms with Gasteiger partial charge in [0.05, 0.1) is 27.9 Å². The summed E-state index contributed by atoms with van der Waals surface area (Å²) in [5.41, 5.74) is 7.70. The number of hydrogen-bond donors (Lipinski definition) is 2. The molecule has 1 fully saturated rings. The highest BCUT2D eigenvalue weighted by molar-refractivity contribution is 6.35. The molecule has 1 aliphatic rings. The van der Waals surface area contributed by atoms with Crippen molar-refractivity contribution in [3.63, 3.8) is 0 Å². The number of methoxy groups -OCH3 is 1. The van der Waals surface area contributed by atoms with Crippen molar-refractivity contribution in [3.8, 4) is 0 Å². The van der Waals surface area contributed by atoms with Crippen molar-refractivity contribution in [2.75, 3.05) is 19.0 Å². The van der Waals surface area contributed by atoms with Gasteiger partial charge < -0.3 is 15.8 Å². The fourth-order valence-electron chi connectivity index (χ4n) is 2.82. The Morgan fingerprint density at radius 3 is 2.95 bits per heavy atom. The molecule has 5 heteroatoms. The van der Waals surface area contributed by atoms with E-state index in [0.29, 0.717) is 11.6 Å². The summed E-state index contributed by atoms with van der Waals surface area (Å²) in [6, 6.07) is 7.73. The molecule has 1 heterocycles. The highest BCUT2D eigenvalue weighted by Gasteiger charge is 2.43. The van der Waals surface area contributed by atoms with Gasteiger partial charge in [0.1, 0.15) is 0 Å². The molecule has 0 amide bonds. The van der Waals surface area contributed by atoms with Gasteiger partial charge in [-0.25, -0.2) is 0 Å².